The highest BCUT2D eigenvalue weighted by Crippen LogP contribution is 2.21. The van der Waals surface area contributed by atoms with E-state index in [0.29, 0.717) is 17.4 Å². The Labute approximate surface area is 161 Å². The molecule has 7 nitrogen and oxygen atoms in total. The van der Waals surface area contributed by atoms with Crippen molar-refractivity contribution in [3.05, 3.63) is 70.3 Å². The molecule has 4 rings (SSSR count). The molecule has 7 heteroatoms. The molecule has 2 heterocycles. The van der Waals surface area contributed by atoms with Gasteiger partial charge in [-0.2, -0.15) is 0 Å². The van der Waals surface area contributed by atoms with E-state index in [0.717, 1.165) is 11.3 Å². The molecule has 142 valence electrons. The number of aryl methyl sites for hydroxylation is 1. The number of aromatic nitrogens is 2. The third-order valence-electron chi connectivity index (χ3n) is 5.01. The van der Waals surface area contributed by atoms with Crippen molar-refractivity contribution in [3.63, 3.8) is 0 Å². The molecule has 1 atom stereocenters. The number of H-pyrrole nitrogens is 1. The number of carbonyl (C=O) groups is 2. The maximum Gasteiger partial charge on any atom is 0.290 e. The number of aromatic amines is 1. The van der Waals surface area contributed by atoms with E-state index in [9.17, 15) is 14.4 Å². The van der Waals surface area contributed by atoms with E-state index in [1.807, 2.05) is 38.1 Å². The van der Waals surface area contributed by atoms with Crippen LogP contribution in [0.4, 0.5) is 5.69 Å². The van der Waals surface area contributed by atoms with Crippen molar-refractivity contribution in [1.82, 2.24) is 14.9 Å². The van der Waals surface area contributed by atoms with Gasteiger partial charge in [0.25, 0.3) is 11.5 Å². The van der Waals surface area contributed by atoms with Gasteiger partial charge in [-0.25, -0.2) is 4.98 Å². The number of piperazine rings is 1. The van der Waals surface area contributed by atoms with E-state index in [-0.39, 0.29) is 29.9 Å². The van der Waals surface area contributed by atoms with Crippen molar-refractivity contribution in [1.29, 1.82) is 0 Å². The first-order valence-electron chi connectivity index (χ1n) is 9.11. The maximum absolute atomic E-state index is 13.0. The summed E-state index contributed by atoms with van der Waals surface area (Å²) in [5, 5.41) is 0.423. The Morgan fingerprint density at radius 1 is 1.11 bits per heavy atom. The number of nitrogens with zero attached hydrogens (tertiary/aromatic N) is 3. The average Bonchev–Trinajstić information content (AvgIpc) is 2.69. The van der Waals surface area contributed by atoms with Crippen LogP contribution in [-0.4, -0.2) is 45.8 Å². The fraction of sp³-hybridized carbons (Fsp3) is 0.238. The van der Waals surface area contributed by atoms with Gasteiger partial charge in [0.05, 0.1) is 10.9 Å². The third kappa shape index (κ3) is 3.15. The first-order chi connectivity index (χ1) is 13.4. The summed E-state index contributed by atoms with van der Waals surface area (Å²) in [6, 6.07) is 14.3. The van der Waals surface area contributed by atoms with E-state index in [2.05, 4.69) is 9.97 Å². The van der Waals surface area contributed by atoms with Crippen LogP contribution in [0.15, 0.2) is 53.3 Å². The zero-order chi connectivity index (χ0) is 19.8. The topological polar surface area (TPSA) is 86.4 Å². The summed E-state index contributed by atoms with van der Waals surface area (Å²) in [6.07, 6.45) is 0. The van der Waals surface area contributed by atoms with Gasteiger partial charge in [-0.1, -0.05) is 29.8 Å². The van der Waals surface area contributed by atoms with E-state index in [1.54, 1.807) is 29.2 Å². The van der Waals surface area contributed by atoms with Crippen molar-refractivity contribution in [2.45, 2.75) is 19.9 Å². The van der Waals surface area contributed by atoms with Gasteiger partial charge in [0.1, 0.15) is 6.54 Å². The molecule has 0 saturated carbocycles. The molecule has 2 amide bonds. The zero-order valence-electron chi connectivity index (χ0n) is 15.7. The van der Waals surface area contributed by atoms with Gasteiger partial charge < -0.3 is 14.8 Å². The molecular formula is C21H20N4O3. The van der Waals surface area contributed by atoms with Gasteiger partial charge in [0.15, 0.2) is 5.82 Å². The van der Waals surface area contributed by atoms with Gasteiger partial charge in [0, 0.05) is 18.3 Å². The highest BCUT2D eigenvalue weighted by Gasteiger charge is 2.34. The van der Waals surface area contributed by atoms with Crippen LogP contribution in [-0.2, 0) is 4.79 Å². The summed E-state index contributed by atoms with van der Waals surface area (Å²) >= 11 is 0. The van der Waals surface area contributed by atoms with Crippen LogP contribution < -0.4 is 10.5 Å². The summed E-state index contributed by atoms with van der Waals surface area (Å²) in [6.45, 7) is 4.18. The Balaban J connectivity index is 1.60. The molecule has 1 aromatic heterocycles. The van der Waals surface area contributed by atoms with Crippen LogP contribution in [0.1, 0.15) is 23.1 Å². The van der Waals surface area contributed by atoms with Gasteiger partial charge in [-0.05, 0) is 38.1 Å². The number of amides is 2. The number of nitrogens with one attached hydrogen (secondary N) is 1. The molecule has 0 unspecified atom stereocenters. The number of para-hydroxylation sites is 1. The lowest BCUT2D eigenvalue weighted by Gasteiger charge is -2.39. The Bertz CT molecular complexity index is 1120. The molecule has 1 saturated heterocycles. The van der Waals surface area contributed by atoms with Crippen LogP contribution in [0.2, 0.25) is 0 Å². The van der Waals surface area contributed by atoms with Gasteiger partial charge >= 0.3 is 0 Å². The Morgan fingerprint density at radius 3 is 2.57 bits per heavy atom. The molecular weight excluding hydrogens is 356 g/mol. The second kappa shape index (κ2) is 6.92. The molecule has 0 spiro atoms. The average molecular weight is 376 g/mol. The van der Waals surface area contributed by atoms with Crippen LogP contribution in [0, 0.1) is 6.92 Å². The third-order valence-corrected chi connectivity index (χ3v) is 5.01. The second-order valence-corrected chi connectivity index (χ2v) is 7.05. The molecule has 1 aliphatic rings. The first kappa shape index (κ1) is 17.9. The molecule has 1 N–H and O–H groups in total. The summed E-state index contributed by atoms with van der Waals surface area (Å²) in [7, 11) is 0. The fourth-order valence-corrected chi connectivity index (χ4v) is 3.42. The van der Waals surface area contributed by atoms with Gasteiger partial charge in [-0.15, -0.1) is 0 Å². The van der Waals surface area contributed by atoms with E-state index >= 15 is 0 Å². The van der Waals surface area contributed by atoms with E-state index in [1.165, 1.54) is 4.90 Å². The molecule has 1 aliphatic heterocycles. The molecule has 0 aliphatic carbocycles. The van der Waals surface area contributed by atoms with Crippen molar-refractivity contribution >= 4 is 28.4 Å². The summed E-state index contributed by atoms with van der Waals surface area (Å²) in [5.74, 6) is -0.669. The maximum atomic E-state index is 13.0. The molecule has 3 aromatic rings. The number of fused-ring (bicyclic) bond motifs is 1. The minimum atomic E-state index is -0.452. The lowest BCUT2D eigenvalue weighted by molar-refractivity contribution is -0.121. The van der Waals surface area contributed by atoms with Crippen molar-refractivity contribution in [2.75, 3.05) is 18.0 Å². The molecule has 28 heavy (non-hydrogen) atoms. The van der Waals surface area contributed by atoms with Crippen molar-refractivity contribution in [3.8, 4) is 0 Å². The number of hydrogen-bond acceptors (Lipinski definition) is 4. The zero-order valence-corrected chi connectivity index (χ0v) is 15.7. The predicted octanol–water partition coefficient (Wildman–Crippen LogP) is 2.11. The lowest BCUT2D eigenvalue weighted by atomic mass is 10.1. The Kier molecular flexibility index (Phi) is 4.43. The number of benzene rings is 2. The number of rotatable bonds is 2. The molecule has 0 bridgehead atoms. The Morgan fingerprint density at radius 2 is 1.82 bits per heavy atom. The van der Waals surface area contributed by atoms with E-state index < -0.39 is 5.91 Å². The smallest absolute Gasteiger partial charge is 0.290 e. The van der Waals surface area contributed by atoms with Crippen LogP contribution >= 0.6 is 0 Å². The summed E-state index contributed by atoms with van der Waals surface area (Å²) in [5.41, 5.74) is 2.01. The van der Waals surface area contributed by atoms with Crippen LogP contribution in [0.3, 0.4) is 0 Å². The summed E-state index contributed by atoms with van der Waals surface area (Å²) in [4.78, 5) is 47.9. The highest BCUT2D eigenvalue weighted by atomic mass is 16.2. The standard InChI is InChI=1S/C21H20N4O3/c1-13-7-9-15(10-8-13)25-11-14(2)24(12-18(25)26)21(28)19-22-17-6-4-3-5-16(17)20(27)23-19/h3-10,14H,11-12H2,1-2H3,(H,22,23,27)/t14-/m1/s1. The Hall–Kier alpha value is -3.48. The van der Waals surface area contributed by atoms with Crippen LogP contribution in [0.5, 0.6) is 0 Å². The first-order valence-corrected chi connectivity index (χ1v) is 9.11. The van der Waals surface area contributed by atoms with Crippen molar-refractivity contribution < 1.29 is 9.59 Å². The van der Waals surface area contributed by atoms with E-state index in [4.69, 9.17) is 0 Å². The number of carbonyl (C=O) groups excluding carboxylic acids is 2. The second-order valence-electron chi connectivity index (χ2n) is 7.05. The SMILES string of the molecule is Cc1ccc(N2C[C@@H](C)N(C(=O)c3nc4ccccc4c(=O)[nH]3)CC2=O)cc1. The number of anilines is 1. The minimum Gasteiger partial charge on any atom is -0.322 e. The number of hydrogen-bond donors (Lipinski definition) is 1. The molecule has 2 aromatic carbocycles. The normalized spacial score (nSPS) is 17.2. The minimum absolute atomic E-state index is 0.0489. The predicted molar refractivity (Wildman–Crippen MR) is 106 cm³/mol. The molecule has 0 radical (unpaired) electrons. The fourth-order valence-electron chi connectivity index (χ4n) is 3.42. The quantitative estimate of drug-likeness (QED) is 0.742. The van der Waals surface area contributed by atoms with Crippen molar-refractivity contribution in [2.24, 2.45) is 0 Å². The largest absolute Gasteiger partial charge is 0.322 e. The van der Waals surface area contributed by atoms with Gasteiger partial charge in [0.2, 0.25) is 5.91 Å². The highest BCUT2D eigenvalue weighted by molar-refractivity contribution is 6.01. The lowest BCUT2D eigenvalue weighted by Crippen LogP contribution is -2.57. The molecule has 1 fully saturated rings. The van der Waals surface area contributed by atoms with Gasteiger partial charge in [-0.3, -0.25) is 14.4 Å². The van der Waals surface area contributed by atoms with Crippen LogP contribution in [0.25, 0.3) is 10.9 Å². The monoisotopic (exact) mass is 376 g/mol. The summed E-state index contributed by atoms with van der Waals surface area (Å²) < 4.78 is 0.